The van der Waals surface area contributed by atoms with Gasteiger partial charge in [-0.2, -0.15) is 0 Å². The molecule has 1 aliphatic heterocycles. The zero-order valence-electron chi connectivity index (χ0n) is 12.0. The molecule has 0 amide bonds. The molecule has 4 heteroatoms. The molecule has 0 radical (unpaired) electrons. The Morgan fingerprint density at radius 1 is 1.60 bits per heavy atom. The van der Waals surface area contributed by atoms with Crippen LogP contribution in [0.3, 0.4) is 0 Å². The van der Waals surface area contributed by atoms with Crippen molar-refractivity contribution >= 4 is 0 Å². The number of rotatable bonds is 6. The number of pyridine rings is 1. The van der Waals surface area contributed by atoms with Gasteiger partial charge in [0.05, 0.1) is 11.7 Å². The average molecular weight is 495 g/mol. The molecule has 1 unspecified atom stereocenters. The van der Waals surface area contributed by atoms with E-state index in [0.29, 0.717) is 6.04 Å². The monoisotopic (exact) mass is 495 g/mol. The first-order valence-electron chi connectivity index (χ1n) is 6.70. The van der Waals surface area contributed by atoms with Crippen LogP contribution in [-0.4, -0.2) is 23.5 Å². The van der Waals surface area contributed by atoms with Crippen molar-refractivity contribution in [2.45, 2.75) is 25.3 Å². The summed E-state index contributed by atoms with van der Waals surface area (Å²) in [6.45, 7) is 6.69. The summed E-state index contributed by atoms with van der Waals surface area (Å²) in [6.07, 6.45) is 8.92. The van der Waals surface area contributed by atoms with Gasteiger partial charge in [0, 0.05) is 43.9 Å². The summed E-state index contributed by atoms with van der Waals surface area (Å²) < 4.78 is 5.08. The van der Waals surface area contributed by atoms with Gasteiger partial charge in [-0.3, -0.25) is 4.98 Å². The van der Waals surface area contributed by atoms with Crippen molar-refractivity contribution in [2.75, 3.05) is 13.7 Å². The molecule has 0 saturated carbocycles. The Hall–Kier alpha value is -0.558. The topological polar surface area (TPSA) is 25.4 Å². The molecule has 106 valence electrons. The number of methoxy groups -OCH3 is 1. The zero-order chi connectivity index (χ0) is 13.5. The van der Waals surface area contributed by atoms with E-state index in [1.165, 1.54) is 12.1 Å². The van der Waals surface area contributed by atoms with E-state index in [-0.39, 0.29) is 31.1 Å². The van der Waals surface area contributed by atoms with Crippen LogP contribution < -0.4 is 0 Å². The molecule has 0 aromatic carbocycles. The van der Waals surface area contributed by atoms with Crippen molar-refractivity contribution in [1.82, 2.24) is 9.88 Å². The Kier molecular flexibility index (Phi) is 8.21. The van der Waals surface area contributed by atoms with E-state index in [9.17, 15) is 0 Å². The van der Waals surface area contributed by atoms with Crippen molar-refractivity contribution in [3.8, 4) is 0 Å². The summed E-state index contributed by atoms with van der Waals surface area (Å²) in [4.78, 5) is 6.91. The van der Waals surface area contributed by atoms with Gasteiger partial charge in [0.25, 0.3) is 0 Å². The minimum absolute atomic E-state index is 0. The SMILES string of the molecule is C=C/C=C(\C[CH-]OC)N1CCCC1c1ccccn1.[U]. The molecule has 1 atom stereocenters. The van der Waals surface area contributed by atoms with Gasteiger partial charge in [0.1, 0.15) is 0 Å². The third-order valence-electron chi connectivity index (χ3n) is 3.42. The molecule has 1 saturated heterocycles. The van der Waals surface area contributed by atoms with Gasteiger partial charge in [-0.05, 0) is 43.9 Å². The maximum Gasteiger partial charge on any atom is 0.0710 e. The van der Waals surface area contributed by atoms with E-state index < -0.39 is 0 Å². The van der Waals surface area contributed by atoms with Gasteiger partial charge in [-0.15, -0.1) is 6.42 Å². The zero-order valence-corrected chi connectivity index (χ0v) is 16.1. The number of nitrogens with zero attached hydrogens (tertiary/aromatic N) is 2. The quantitative estimate of drug-likeness (QED) is 0.447. The second kappa shape index (κ2) is 9.39. The van der Waals surface area contributed by atoms with Crippen LogP contribution in [0.2, 0.25) is 0 Å². The van der Waals surface area contributed by atoms with Gasteiger partial charge in [0.2, 0.25) is 0 Å². The molecule has 2 rings (SSSR count). The third-order valence-corrected chi connectivity index (χ3v) is 3.42. The number of ether oxygens (including phenoxy) is 1. The minimum Gasteiger partial charge on any atom is -0.554 e. The van der Waals surface area contributed by atoms with E-state index in [0.717, 1.165) is 25.1 Å². The van der Waals surface area contributed by atoms with Gasteiger partial charge < -0.3 is 9.64 Å². The second-order valence-electron chi connectivity index (χ2n) is 4.61. The first-order valence-corrected chi connectivity index (χ1v) is 6.70. The van der Waals surface area contributed by atoms with Crippen LogP contribution >= 0.6 is 0 Å². The molecule has 2 heterocycles. The van der Waals surface area contributed by atoms with Crippen molar-refractivity contribution < 1.29 is 35.9 Å². The van der Waals surface area contributed by atoms with Crippen LogP contribution in [0.5, 0.6) is 0 Å². The fraction of sp³-hybridized carbons (Fsp3) is 0.375. The summed E-state index contributed by atoms with van der Waals surface area (Å²) >= 11 is 0. The van der Waals surface area contributed by atoms with Crippen molar-refractivity contribution in [3.05, 3.63) is 61.1 Å². The van der Waals surface area contributed by atoms with E-state index in [1.807, 2.05) is 24.9 Å². The summed E-state index contributed by atoms with van der Waals surface area (Å²) in [5.74, 6) is 0. The fourth-order valence-corrected chi connectivity index (χ4v) is 2.58. The third kappa shape index (κ3) is 4.48. The van der Waals surface area contributed by atoms with Crippen LogP contribution in [0.4, 0.5) is 0 Å². The Balaban J connectivity index is 0.00000200. The standard InChI is InChI=1S/C16H21N2O.U/c1-3-7-14(10-13-19-2)18-12-6-9-16(18)15-8-4-5-11-17-15;/h3-5,7-8,11,13,16H,1,6,9-10,12H2,2H3;/q-1;/b14-7+;. The largest absolute Gasteiger partial charge is 0.554 e. The number of hydrogen-bond donors (Lipinski definition) is 0. The van der Waals surface area contributed by atoms with E-state index in [1.54, 1.807) is 7.11 Å². The molecule has 0 N–H and O–H groups in total. The van der Waals surface area contributed by atoms with Crippen molar-refractivity contribution in [3.63, 3.8) is 0 Å². The smallest absolute Gasteiger partial charge is 0.0710 e. The van der Waals surface area contributed by atoms with E-state index in [2.05, 4.69) is 34.7 Å². The van der Waals surface area contributed by atoms with Gasteiger partial charge in [-0.1, -0.05) is 18.7 Å². The fourth-order valence-electron chi connectivity index (χ4n) is 2.58. The van der Waals surface area contributed by atoms with Crippen LogP contribution in [0.15, 0.2) is 48.8 Å². The van der Waals surface area contributed by atoms with Crippen molar-refractivity contribution in [1.29, 1.82) is 0 Å². The molecule has 1 aromatic rings. The van der Waals surface area contributed by atoms with Crippen LogP contribution in [-0.2, 0) is 4.74 Å². The van der Waals surface area contributed by atoms with Gasteiger partial charge in [-0.25, -0.2) is 6.61 Å². The van der Waals surface area contributed by atoms with Crippen LogP contribution in [0, 0.1) is 37.7 Å². The van der Waals surface area contributed by atoms with Gasteiger partial charge >= 0.3 is 0 Å². The summed E-state index contributed by atoms with van der Waals surface area (Å²) in [6, 6.07) is 6.49. The average Bonchev–Trinajstić information content (AvgIpc) is 2.93. The number of aromatic nitrogens is 1. The number of hydrogen-bond acceptors (Lipinski definition) is 3. The molecule has 3 nitrogen and oxygen atoms in total. The first kappa shape index (κ1) is 17.5. The maximum atomic E-state index is 5.08. The molecule has 1 aliphatic rings. The molecule has 1 aromatic heterocycles. The van der Waals surface area contributed by atoms with E-state index in [4.69, 9.17) is 4.74 Å². The normalized spacial score (nSPS) is 18.8. The summed E-state index contributed by atoms with van der Waals surface area (Å²) in [7, 11) is 1.69. The Bertz CT molecular complexity index is 433. The predicted octanol–water partition coefficient (Wildman–Crippen LogP) is 3.49. The minimum atomic E-state index is 0. The van der Waals surface area contributed by atoms with E-state index >= 15 is 0 Å². The predicted molar refractivity (Wildman–Crippen MR) is 77.1 cm³/mol. The van der Waals surface area contributed by atoms with Crippen molar-refractivity contribution in [2.24, 2.45) is 0 Å². The Labute approximate surface area is 145 Å². The first-order chi connectivity index (χ1) is 9.36. The Morgan fingerprint density at radius 2 is 2.45 bits per heavy atom. The molecule has 0 spiro atoms. The summed E-state index contributed by atoms with van der Waals surface area (Å²) in [5, 5.41) is 0. The molecule has 0 aliphatic carbocycles. The molecular weight excluding hydrogens is 474 g/mol. The molecular formula is C16H21N2OU-. The van der Waals surface area contributed by atoms with Crippen LogP contribution in [0.1, 0.15) is 31.0 Å². The number of likely N-dealkylation sites (tertiary alicyclic amines) is 1. The molecule has 1 fully saturated rings. The summed E-state index contributed by atoms with van der Waals surface area (Å²) in [5.41, 5.74) is 2.39. The Morgan fingerprint density at radius 3 is 3.10 bits per heavy atom. The number of allylic oxidation sites excluding steroid dienone is 2. The van der Waals surface area contributed by atoms with Crippen LogP contribution in [0.25, 0.3) is 0 Å². The second-order valence-corrected chi connectivity index (χ2v) is 4.61. The molecule has 0 bridgehead atoms. The molecule has 20 heavy (non-hydrogen) atoms. The maximum absolute atomic E-state index is 5.08. The van der Waals surface area contributed by atoms with Gasteiger partial charge in [0.15, 0.2) is 0 Å².